The van der Waals surface area contributed by atoms with Gasteiger partial charge in [-0.1, -0.05) is 17.7 Å². The maximum absolute atomic E-state index is 12.8. The summed E-state index contributed by atoms with van der Waals surface area (Å²) in [5, 5.41) is 4.26. The number of carbonyl (C=O) groups excluding carboxylic acids is 1. The van der Waals surface area contributed by atoms with Crippen LogP contribution in [0.25, 0.3) is 6.08 Å². The molecule has 0 saturated heterocycles. The predicted molar refractivity (Wildman–Crippen MR) is 99.2 cm³/mol. The molecule has 1 aromatic heterocycles. The van der Waals surface area contributed by atoms with Crippen molar-refractivity contribution in [1.29, 1.82) is 0 Å². The van der Waals surface area contributed by atoms with Crippen LogP contribution in [0.1, 0.15) is 37.6 Å². The fourth-order valence-electron chi connectivity index (χ4n) is 2.32. The van der Waals surface area contributed by atoms with Gasteiger partial charge in [0.05, 0.1) is 30.5 Å². The molecule has 0 spiro atoms. The first kappa shape index (κ1) is 21.8. The summed E-state index contributed by atoms with van der Waals surface area (Å²) >= 11 is 6.03. The third kappa shape index (κ3) is 6.02. The Morgan fingerprint density at radius 2 is 2.04 bits per heavy atom. The molecule has 0 bridgehead atoms. The molecule has 0 saturated carbocycles. The second-order valence-corrected chi connectivity index (χ2v) is 6.53. The van der Waals surface area contributed by atoms with Gasteiger partial charge in [0.2, 0.25) is 5.88 Å². The number of aromatic nitrogens is 2. The van der Waals surface area contributed by atoms with Gasteiger partial charge >= 0.3 is 12.1 Å². The molecule has 1 heterocycles. The number of ether oxygens (including phenoxy) is 2. The number of hydrogen-bond donors (Lipinski definition) is 0. The fraction of sp³-hybridized carbons (Fsp3) is 0.368. The molecule has 0 N–H and O–H groups in total. The summed E-state index contributed by atoms with van der Waals surface area (Å²) < 4.78 is 50.3. The summed E-state index contributed by atoms with van der Waals surface area (Å²) in [7, 11) is 0. The third-order valence-electron chi connectivity index (χ3n) is 3.52. The van der Waals surface area contributed by atoms with E-state index < -0.39 is 17.7 Å². The molecule has 152 valence electrons. The number of alkyl halides is 3. The zero-order valence-electron chi connectivity index (χ0n) is 15.6. The summed E-state index contributed by atoms with van der Waals surface area (Å²) in [6.45, 7) is 5.70. The molecular weight excluding hydrogens is 397 g/mol. The van der Waals surface area contributed by atoms with Crippen molar-refractivity contribution < 1.29 is 27.4 Å². The van der Waals surface area contributed by atoms with Crippen molar-refractivity contribution in [3.63, 3.8) is 0 Å². The van der Waals surface area contributed by atoms with Gasteiger partial charge in [-0.2, -0.15) is 13.2 Å². The van der Waals surface area contributed by atoms with E-state index in [0.29, 0.717) is 17.1 Å². The average Bonchev–Trinajstić information content (AvgIpc) is 2.94. The van der Waals surface area contributed by atoms with Gasteiger partial charge in [0.15, 0.2) is 0 Å². The van der Waals surface area contributed by atoms with E-state index in [1.807, 2.05) is 13.8 Å². The minimum absolute atomic E-state index is 0.0306. The van der Waals surface area contributed by atoms with Gasteiger partial charge in [0.1, 0.15) is 0 Å². The first-order valence-corrected chi connectivity index (χ1v) is 8.93. The van der Waals surface area contributed by atoms with Crippen LogP contribution in [0.3, 0.4) is 0 Å². The molecule has 0 amide bonds. The normalized spacial score (nSPS) is 12.0. The second kappa shape index (κ2) is 9.14. The summed E-state index contributed by atoms with van der Waals surface area (Å²) in [5.41, 5.74) is 0.132. The average molecular weight is 417 g/mol. The summed E-state index contributed by atoms with van der Waals surface area (Å²) in [6.07, 6.45) is -1.86. The van der Waals surface area contributed by atoms with Crippen LogP contribution in [-0.2, 0) is 22.3 Å². The van der Waals surface area contributed by atoms with E-state index in [9.17, 15) is 18.0 Å². The number of hydrogen-bond acceptors (Lipinski definition) is 4. The van der Waals surface area contributed by atoms with E-state index in [4.69, 9.17) is 21.1 Å². The van der Waals surface area contributed by atoms with Crippen LogP contribution in [-0.4, -0.2) is 28.5 Å². The molecule has 0 fully saturated rings. The van der Waals surface area contributed by atoms with Gasteiger partial charge in [-0.25, -0.2) is 4.79 Å². The van der Waals surface area contributed by atoms with Gasteiger partial charge in [-0.05, 0) is 44.5 Å². The molecule has 2 rings (SSSR count). The summed E-state index contributed by atoms with van der Waals surface area (Å²) in [5.74, 6) is -0.198. The van der Waals surface area contributed by atoms with Crippen molar-refractivity contribution in [3.8, 4) is 5.88 Å². The van der Waals surface area contributed by atoms with Gasteiger partial charge in [0, 0.05) is 17.2 Å². The van der Waals surface area contributed by atoms with E-state index >= 15 is 0 Å². The minimum atomic E-state index is -4.47. The van der Waals surface area contributed by atoms with Crippen LogP contribution in [0.5, 0.6) is 5.88 Å². The van der Waals surface area contributed by atoms with Crippen LogP contribution in [0, 0.1) is 0 Å². The van der Waals surface area contributed by atoms with E-state index in [2.05, 4.69) is 5.10 Å². The molecule has 2 aromatic rings. The lowest BCUT2D eigenvalue weighted by Gasteiger charge is -2.11. The van der Waals surface area contributed by atoms with Crippen LogP contribution in [0.4, 0.5) is 13.2 Å². The third-order valence-corrected chi connectivity index (χ3v) is 3.87. The first-order chi connectivity index (χ1) is 13.1. The number of carbonyl (C=O) groups is 1. The molecule has 0 aliphatic carbocycles. The van der Waals surface area contributed by atoms with Crippen molar-refractivity contribution in [3.05, 3.63) is 52.2 Å². The molecule has 0 radical (unpaired) electrons. The van der Waals surface area contributed by atoms with Gasteiger partial charge in [-0.3, -0.25) is 4.68 Å². The Morgan fingerprint density at radius 1 is 1.32 bits per heavy atom. The number of halogens is 4. The molecule has 0 aliphatic rings. The Bertz CT molecular complexity index is 861. The summed E-state index contributed by atoms with van der Waals surface area (Å²) in [6, 6.07) is 4.76. The van der Waals surface area contributed by atoms with Crippen LogP contribution < -0.4 is 4.74 Å². The number of nitrogens with zero attached hydrogens (tertiary/aromatic N) is 2. The van der Waals surface area contributed by atoms with Gasteiger partial charge < -0.3 is 9.47 Å². The zero-order valence-corrected chi connectivity index (χ0v) is 16.3. The molecule has 1 aromatic carbocycles. The topological polar surface area (TPSA) is 53.4 Å². The van der Waals surface area contributed by atoms with Gasteiger partial charge in [0.25, 0.3) is 0 Å². The molecule has 28 heavy (non-hydrogen) atoms. The maximum atomic E-state index is 12.8. The number of esters is 1. The van der Waals surface area contributed by atoms with Crippen molar-refractivity contribution >= 4 is 23.6 Å². The lowest BCUT2D eigenvalue weighted by Crippen LogP contribution is -2.09. The minimum Gasteiger partial charge on any atom is -0.474 e. The lowest BCUT2D eigenvalue weighted by molar-refractivity contribution is -0.138. The summed E-state index contributed by atoms with van der Waals surface area (Å²) in [4.78, 5) is 11.6. The Balaban J connectivity index is 2.32. The molecule has 0 aliphatic heterocycles. The highest BCUT2D eigenvalue weighted by Gasteiger charge is 2.30. The maximum Gasteiger partial charge on any atom is 0.416 e. The van der Waals surface area contributed by atoms with E-state index in [0.717, 1.165) is 12.1 Å². The van der Waals surface area contributed by atoms with E-state index in [1.165, 1.54) is 22.9 Å². The van der Waals surface area contributed by atoms with E-state index in [-0.39, 0.29) is 24.3 Å². The van der Waals surface area contributed by atoms with Crippen LogP contribution >= 0.6 is 11.6 Å². The highest BCUT2D eigenvalue weighted by molar-refractivity contribution is 6.31. The highest BCUT2D eigenvalue weighted by atomic mass is 35.5. The van der Waals surface area contributed by atoms with Crippen molar-refractivity contribution in [1.82, 2.24) is 9.78 Å². The van der Waals surface area contributed by atoms with Crippen LogP contribution in [0.2, 0.25) is 5.02 Å². The largest absolute Gasteiger partial charge is 0.474 e. The number of benzene rings is 1. The smallest absolute Gasteiger partial charge is 0.416 e. The molecule has 0 unspecified atom stereocenters. The molecular formula is C19H20ClF3N2O3. The standard InChI is InChI=1S/C19H20ClF3N2O3/c1-4-27-18(26)8-7-15-10-17(28-12(2)3)24-25(15)11-13-5-6-14(9-16(13)20)19(21,22)23/h5-10,12H,4,11H2,1-3H3. The Hall–Kier alpha value is -2.48. The van der Waals surface area contributed by atoms with Crippen molar-refractivity contribution in [2.24, 2.45) is 0 Å². The predicted octanol–water partition coefficient (Wildman–Crippen LogP) is 4.97. The lowest BCUT2D eigenvalue weighted by atomic mass is 10.1. The van der Waals surface area contributed by atoms with Crippen LogP contribution in [0.15, 0.2) is 30.3 Å². The van der Waals surface area contributed by atoms with Gasteiger partial charge in [-0.15, -0.1) is 5.10 Å². The van der Waals surface area contributed by atoms with Crippen molar-refractivity contribution in [2.75, 3.05) is 6.61 Å². The van der Waals surface area contributed by atoms with Crippen molar-refractivity contribution in [2.45, 2.75) is 39.6 Å². The fourth-order valence-corrected chi connectivity index (χ4v) is 2.56. The Kier molecular flexibility index (Phi) is 7.12. The monoisotopic (exact) mass is 416 g/mol. The molecule has 9 heteroatoms. The molecule has 0 atom stereocenters. The Morgan fingerprint density at radius 3 is 2.61 bits per heavy atom. The van der Waals surface area contributed by atoms with E-state index in [1.54, 1.807) is 13.0 Å². The zero-order chi connectivity index (χ0) is 20.9. The first-order valence-electron chi connectivity index (χ1n) is 8.55. The molecule has 5 nitrogen and oxygen atoms in total. The quantitative estimate of drug-likeness (QED) is 0.472. The number of rotatable bonds is 7. The SMILES string of the molecule is CCOC(=O)C=Cc1cc(OC(C)C)nn1Cc1ccc(C(F)(F)F)cc1Cl. The second-order valence-electron chi connectivity index (χ2n) is 6.12. The Labute approximate surface area is 165 Å². The highest BCUT2D eigenvalue weighted by Crippen LogP contribution is 2.32.